The number of hydrogen-bond donors (Lipinski definition) is 1. The standard InChI is InChI=1S/C20H22N2O4/c1-13-4-5-14(2)17(10-13)22(15(3)23)9-8-20(24)21-16-6-7-18-19(11-16)26-12-25-18/h4-7,10-11H,8-9,12H2,1-3H3,(H,21,24). The van der Waals surface area contributed by atoms with Crippen LogP contribution in [0.15, 0.2) is 36.4 Å². The van der Waals surface area contributed by atoms with E-state index < -0.39 is 0 Å². The molecular weight excluding hydrogens is 332 g/mol. The van der Waals surface area contributed by atoms with E-state index in [1.165, 1.54) is 6.92 Å². The minimum atomic E-state index is -0.166. The number of nitrogens with one attached hydrogen (secondary N) is 1. The van der Waals surface area contributed by atoms with E-state index in [-0.39, 0.29) is 25.0 Å². The van der Waals surface area contributed by atoms with E-state index in [1.54, 1.807) is 23.1 Å². The number of amides is 2. The molecule has 0 unspecified atom stereocenters. The van der Waals surface area contributed by atoms with Gasteiger partial charge in [0.1, 0.15) is 0 Å². The smallest absolute Gasteiger partial charge is 0.231 e. The van der Waals surface area contributed by atoms with Crippen LogP contribution < -0.4 is 19.7 Å². The molecule has 0 saturated carbocycles. The molecule has 0 atom stereocenters. The SMILES string of the molecule is CC(=O)N(CCC(=O)Nc1ccc2c(c1)OCO2)c1cc(C)ccc1C. The molecule has 0 bridgehead atoms. The summed E-state index contributed by atoms with van der Waals surface area (Å²) in [6, 6.07) is 11.2. The molecule has 2 aromatic carbocycles. The zero-order chi connectivity index (χ0) is 18.7. The number of carbonyl (C=O) groups is 2. The Morgan fingerprint density at radius 2 is 1.85 bits per heavy atom. The molecule has 136 valence electrons. The fourth-order valence-corrected chi connectivity index (χ4v) is 2.87. The van der Waals surface area contributed by atoms with Gasteiger partial charge in [-0.25, -0.2) is 0 Å². The summed E-state index contributed by atoms with van der Waals surface area (Å²) in [5.41, 5.74) is 3.55. The Hall–Kier alpha value is -3.02. The van der Waals surface area contributed by atoms with Crippen molar-refractivity contribution in [2.24, 2.45) is 0 Å². The summed E-state index contributed by atoms with van der Waals surface area (Å²) in [6.07, 6.45) is 0.196. The molecule has 0 aliphatic carbocycles. The summed E-state index contributed by atoms with van der Waals surface area (Å²) in [5.74, 6) is 1.03. The van der Waals surface area contributed by atoms with E-state index in [2.05, 4.69) is 5.32 Å². The van der Waals surface area contributed by atoms with Gasteiger partial charge in [-0.3, -0.25) is 9.59 Å². The molecule has 1 aliphatic rings. The second kappa shape index (κ2) is 7.47. The molecule has 2 aromatic rings. The molecule has 0 saturated heterocycles. The lowest BCUT2D eigenvalue weighted by molar-refractivity contribution is -0.117. The summed E-state index contributed by atoms with van der Waals surface area (Å²) >= 11 is 0. The molecule has 0 aromatic heterocycles. The highest BCUT2D eigenvalue weighted by Crippen LogP contribution is 2.34. The Balaban J connectivity index is 1.65. The van der Waals surface area contributed by atoms with Gasteiger partial charge in [0, 0.05) is 37.3 Å². The van der Waals surface area contributed by atoms with E-state index in [0.29, 0.717) is 23.7 Å². The molecule has 2 amide bonds. The van der Waals surface area contributed by atoms with E-state index >= 15 is 0 Å². The number of rotatable bonds is 5. The largest absolute Gasteiger partial charge is 0.454 e. The molecule has 0 fully saturated rings. The van der Waals surface area contributed by atoms with Gasteiger partial charge in [0.25, 0.3) is 0 Å². The predicted octanol–water partition coefficient (Wildman–Crippen LogP) is 3.41. The molecule has 3 rings (SSSR count). The molecule has 6 nitrogen and oxygen atoms in total. The maximum Gasteiger partial charge on any atom is 0.231 e. The highest BCUT2D eigenvalue weighted by molar-refractivity contribution is 5.95. The van der Waals surface area contributed by atoms with Crippen LogP contribution in [-0.2, 0) is 9.59 Å². The fraction of sp³-hybridized carbons (Fsp3) is 0.300. The van der Waals surface area contributed by atoms with Gasteiger partial charge in [-0.05, 0) is 43.2 Å². The Morgan fingerprint density at radius 3 is 2.62 bits per heavy atom. The fourth-order valence-electron chi connectivity index (χ4n) is 2.87. The van der Waals surface area contributed by atoms with Gasteiger partial charge in [-0.1, -0.05) is 12.1 Å². The highest BCUT2D eigenvalue weighted by Gasteiger charge is 2.17. The van der Waals surface area contributed by atoms with Crippen molar-refractivity contribution >= 4 is 23.2 Å². The van der Waals surface area contributed by atoms with Crippen molar-refractivity contribution in [2.45, 2.75) is 27.2 Å². The molecule has 1 aliphatic heterocycles. The van der Waals surface area contributed by atoms with Gasteiger partial charge in [0.05, 0.1) is 0 Å². The summed E-state index contributed by atoms with van der Waals surface area (Å²) in [7, 11) is 0. The first kappa shape index (κ1) is 17.8. The maximum atomic E-state index is 12.3. The Labute approximate surface area is 152 Å². The van der Waals surface area contributed by atoms with E-state index in [9.17, 15) is 9.59 Å². The number of fused-ring (bicyclic) bond motifs is 1. The zero-order valence-electron chi connectivity index (χ0n) is 15.2. The second-order valence-electron chi connectivity index (χ2n) is 6.33. The van der Waals surface area contributed by atoms with Crippen molar-refractivity contribution in [3.8, 4) is 11.5 Å². The minimum absolute atomic E-state index is 0.0884. The number of anilines is 2. The van der Waals surface area contributed by atoms with Gasteiger partial charge in [-0.2, -0.15) is 0 Å². The van der Waals surface area contributed by atoms with Gasteiger partial charge < -0.3 is 19.7 Å². The third-order valence-corrected chi connectivity index (χ3v) is 4.25. The van der Waals surface area contributed by atoms with Crippen LogP contribution in [-0.4, -0.2) is 25.2 Å². The molecule has 1 heterocycles. The first-order valence-electron chi connectivity index (χ1n) is 8.49. The summed E-state index contributed by atoms with van der Waals surface area (Å²) < 4.78 is 10.6. The average molecular weight is 354 g/mol. The molecule has 1 N–H and O–H groups in total. The van der Waals surface area contributed by atoms with Crippen molar-refractivity contribution in [1.82, 2.24) is 0 Å². The molecular formula is C20H22N2O4. The third kappa shape index (κ3) is 3.96. The van der Waals surface area contributed by atoms with Gasteiger partial charge in [0.15, 0.2) is 11.5 Å². The zero-order valence-corrected chi connectivity index (χ0v) is 15.2. The maximum absolute atomic E-state index is 12.3. The lowest BCUT2D eigenvalue weighted by Gasteiger charge is -2.23. The number of carbonyl (C=O) groups excluding carboxylic acids is 2. The second-order valence-corrected chi connectivity index (χ2v) is 6.33. The summed E-state index contributed by atoms with van der Waals surface area (Å²) in [4.78, 5) is 26.0. The lowest BCUT2D eigenvalue weighted by Crippen LogP contribution is -2.32. The predicted molar refractivity (Wildman–Crippen MR) is 99.8 cm³/mol. The van der Waals surface area contributed by atoms with Gasteiger partial charge in [0.2, 0.25) is 18.6 Å². The van der Waals surface area contributed by atoms with Crippen molar-refractivity contribution in [3.05, 3.63) is 47.5 Å². The van der Waals surface area contributed by atoms with E-state index in [0.717, 1.165) is 16.8 Å². The minimum Gasteiger partial charge on any atom is -0.454 e. The Morgan fingerprint density at radius 1 is 1.08 bits per heavy atom. The Kier molecular flexibility index (Phi) is 5.11. The number of benzene rings is 2. The van der Waals surface area contributed by atoms with E-state index in [4.69, 9.17) is 9.47 Å². The number of aryl methyl sites for hydroxylation is 2. The normalized spacial score (nSPS) is 12.0. The summed E-state index contributed by atoms with van der Waals surface area (Å²) in [5, 5.41) is 2.83. The van der Waals surface area contributed by atoms with Crippen LogP contribution in [0.25, 0.3) is 0 Å². The van der Waals surface area contributed by atoms with Crippen molar-refractivity contribution < 1.29 is 19.1 Å². The van der Waals surface area contributed by atoms with Crippen molar-refractivity contribution in [3.63, 3.8) is 0 Å². The lowest BCUT2D eigenvalue weighted by atomic mass is 10.1. The van der Waals surface area contributed by atoms with Crippen LogP contribution in [0, 0.1) is 13.8 Å². The van der Waals surface area contributed by atoms with Crippen molar-refractivity contribution in [2.75, 3.05) is 23.6 Å². The van der Waals surface area contributed by atoms with Crippen LogP contribution in [0.2, 0.25) is 0 Å². The van der Waals surface area contributed by atoms with Crippen LogP contribution in [0.4, 0.5) is 11.4 Å². The molecule has 0 spiro atoms. The van der Waals surface area contributed by atoms with E-state index in [1.807, 2.05) is 32.0 Å². The molecule has 6 heteroatoms. The number of ether oxygens (including phenoxy) is 2. The quantitative estimate of drug-likeness (QED) is 0.893. The monoisotopic (exact) mass is 354 g/mol. The first-order chi connectivity index (χ1) is 12.4. The van der Waals surface area contributed by atoms with Crippen LogP contribution >= 0.6 is 0 Å². The Bertz CT molecular complexity index is 848. The third-order valence-electron chi connectivity index (χ3n) is 4.25. The average Bonchev–Trinajstić information content (AvgIpc) is 3.05. The molecule has 26 heavy (non-hydrogen) atoms. The topological polar surface area (TPSA) is 67.9 Å². The van der Waals surface area contributed by atoms with Gasteiger partial charge >= 0.3 is 0 Å². The summed E-state index contributed by atoms with van der Waals surface area (Å²) in [6.45, 7) is 5.95. The van der Waals surface area contributed by atoms with Gasteiger partial charge in [-0.15, -0.1) is 0 Å². The molecule has 0 radical (unpaired) electrons. The number of nitrogens with zero attached hydrogens (tertiary/aromatic N) is 1. The number of hydrogen-bond acceptors (Lipinski definition) is 4. The first-order valence-corrected chi connectivity index (χ1v) is 8.49. The van der Waals surface area contributed by atoms with Crippen molar-refractivity contribution in [1.29, 1.82) is 0 Å². The highest BCUT2D eigenvalue weighted by atomic mass is 16.7. The van der Waals surface area contributed by atoms with Crippen LogP contribution in [0.5, 0.6) is 11.5 Å². The van der Waals surface area contributed by atoms with Crippen LogP contribution in [0.1, 0.15) is 24.5 Å². The van der Waals surface area contributed by atoms with Crippen LogP contribution in [0.3, 0.4) is 0 Å².